The Morgan fingerprint density at radius 1 is 1.05 bits per heavy atom. The summed E-state index contributed by atoms with van der Waals surface area (Å²) in [6, 6.07) is 5.96. The van der Waals surface area contributed by atoms with E-state index < -0.39 is 0 Å². The van der Waals surface area contributed by atoms with Crippen LogP contribution in [0.1, 0.15) is 38.2 Å². The molecular formula is C18H28O3. The molecule has 0 radical (unpaired) electrons. The van der Waals surface area contributed by atoms with Crippen LogP contribution in [0, 0.1) is 0 Å². The molecule has 0 fully saturated rings. The van der Waals surface area contributed by atoms with Crippen LogP contribution in [0.5, 0.6) is 11.5 Å². The molecule has 0 spiro atoms. The highest BCUT2D eigenvalue weighted by Crippen LogP contribution is 2.28. The maximum Gasteiger partial charge on any atom is 0.161 e. The Hall–Kier alpha value is -1.48. The van der Waals surface area contributed by atoms with Crippen LogP contribution in [0.15, 0.2) is 30.9 Å². The van der Waals surface area contributed by atoms with Crippen molar-refractivity contribution in [3.8, 4) is 11.5 Å². The van der Waals surface area contributed by atoms with Gasteiger partial charge in [-0.1, -0.05) is 38.3 Å². The summed E-state index contributed by atoms with van der Waals surface area (Å²) in [5.74, 6) is 1.53. The first-order valence-electron chi connectivity index (χ1n) is 7.80. The molecule has 1 aromatic rings. The zero-order chi connectivity index (χ0) is 15.3. The minimum absolute atomic E-state index is 0.547. The van der Waals surface area contributed by atoms with Crippen LogP contribution >= 0.6 is 0 Å². The van der Waals surface area contributed by atoms with Gasteiger partial charge >= 0.3 is 0 Å². The van der Waals surface area contributed by atoms with Crippen LogP contribution in [-0.2, 0) is 11.2 Å². The lowest BCUT2D eigenvalue weighted by molar-refractivity contribution is 0.0961. The smallest absolute Gasteiger partial charge is 0.161 e. The summed E-state index contributed by atoms with van der Waals surface area (Å²) in [4.78, 5) is 0. The van der Waals surface area contributed by atoms with Gasteiger partial charge in [0, 0.05) is 6.61 Å². The van der Waals surface area contributed by atoms with Gasteiger partial charge in [0.05, 0.1) is 13.7 Å². The number of benzene rings is 1. The molecule has 0 aliphatic carbocycles. The molecule has 118 valence electrons. The molecule has 0 saturated carbocycles. The SMILES string of the molecule is C=CCc1ccc(OCCOCCCCCC)c(OC)c1. The minimum Gasteiger partial charge on any atom is -0.493 e. The predicted octanol–water partition coefficient (Wildman–Crippen LogP) is 4.40. The fourth-order valence-electron chi connectivity index (χ4n) is 2.07. The normalized spacial score (nSPS) is 10.4. The van der Waals surface area contributed by atoms with Gasteiger partial charge in [0.25, 0.3) is 0 Å². The molecule has 0 aliphatic heterocycles. The molecule has 0 N–H and O–H groups in total. The van der Waals surface area contributed by atoms with Crippen molar-refractivity contribution < 1.29 is 14.2 Å². The van der Waals surface area contributed by atoms with E-state index in [4.69, 9.17) is 14.2 Å². The molecule has 0 amide bonds. The number of ether oxygens (including phenoxy) is 3. The van der Waals surface area contributed by atoms with Crippen molar-refractivity contribution in [1.29, 1.82) is 0 Å². The van der Waals surface area contributed by atoms with E-state index in [0.717, 1.165) is 30.9 Å². The van der Waals surface area contributed by atoms with Crippen molar-refractivity contribution in [1.82, 2.24) is 0 Å². The van der Waals surface area contributed by atoms with Crippen LogP contribution in [0.2, 0.25) is 0 Å². The largest absolute Gasteiger partial charge is 0.493 e. The number of hydrogen-bond donors (Lipinski definition) is 0. The van der Waals surface area contributed by atoms with E-state index in [1.807, 2.05) is 24.3 Å². The first kappa shape index (κ1) is 17.6. The molecular weight excluding hydrogens is 264 g/mol. The molecule has 3 heteroatoms. The monoisotopic (exact) mass is 292 g/mol. The van der Waals surface area contributed by atoms with Gasteiger partial charge in [-0.15, -0.1) is 6.58 Å². The summed E-state index contributed by atoms with van der Waals surface area (Å²) in [5, 5.41) is 0. The average molecular weight is 292 g/mol. The van der Waals surface area contributed by atoms with Crippen molar-refractivity contribution in [3.63, 3.8) is 0 Å². The number of allylic oxidation sites excluding steroid dienone is 1. The topological polar surface area (TPSA) is 27.7 Å². The maximum atomic E-state index is 5.71. The van der Waals surface area contributed by atoms with Crippen molar-refractivity contribution in [2.45, 2.75) is 39.0 Å². The van der Waals surface area contributed by atoms with Crippen molar-refractivity contribution in [3.05, 3.63) is 36.4 Å². The second-order valence-electron chi connectivity index (χ2n) is 5.00. The van der Waals surface area contributed by atoms with Crippen LogP contribution in [0.3, 0.4) is 0 Å². The number of hydrogen-bond acceptors (Lipinski definition) is 3. The van der Waals surface area contributed by atoms with Crippen molar-refractivity contribution in [2.75, 3.05) is 26.9 Å². The van der Waals surface area contributed by atoms with E-state index in [0.29, 0.717) is 13.2 Å². The van der Waals surface area contributed by atoms with Gasteiger partial charge in [-0.3, -0.25) is 0 Å². The molecule has 0 saturated heterocycles. The zero-order valence-electron chi connectivity index (χ0n) is 13.4. The van der Waals surface area contributed by atoms with Gasteiger partial charge in [-0.25, -0.2) is 0 Å². The van der Waals surface area contributed by atoms with Gasteiger partial charge in [-0.05, 0) is 30.5 Å². The average Bonchev–Trinajstić information content (AvgIpc) is 2.51. The predicted molar refractivity (Wildman–Crippen MR) is 87.4 cm³/mol. The lowest BCUT2D eigenvalue weighted by Crippen LogP contribution is -2.08. The molecule has 1 rings (SSSR count). The van der Waals surface area contributed by atoms with Crippen LogP contribution in [0.25, 0.3) is 0 Å². The number of rotatable bonds is 12. The molecule has 3 nitrogen and oxygen atoms in total. The second-order valence-corrected chi connectivity index (χ2v) is 5.00. The van der Waals surface area contributed by atoms with E-state index in [1.54, 1.807) is 7.11 Å². The molecule has 0 bridgehead atoms. The lowest BCUT2D eigenvalue weighted by Gasteiger charge is -2.12. The highest BCUT2D eigenvalue weighted by atomic mass is 16.5. The van der Waals surface area contributed by atoms with Crippen LogP contribution < -0.4 is 9.47 Å². The Labute approximate surface area is 128 Å². The van der Waals surface area contributed by atoms with E-state index >= 15 is 0 Å². The van der Waals surface area contributed by atoms with Gasteiger partial charge < -0.3 is 14.2 Å². The molecule has 21 heavy (non-hydrogen) atoms. The molecule has 0 aliphatic rings. The summed E-state index contributed by atoms with van der Waals surface area (Å²) in [6.07, 6.45) is 7.63. The fourth-order valence-corrected chi connectivity index (χ4v) is 2.07. The van der Waals surface area contributed by atoms with Gasteiger partial charge in [0.2, 0.25) is 0 Å². The van der Waals surface area contributed by atoms with Gasteiger partial charge in [0.1, 0.15) is 6.61 Å². The van der Waals surface area contributed by atoms with Crippen LogP contribution in [0.4, 0.5) is 0 Å². The molecule has 0 atom stereocenters. The summed E-state index contributed by atoms with van der Waals surface area (Å²) < 4.78 is 16.6. The third kappa shape index (κ3) is 7.19. The van der Waals surface area contributed by atoms with Crippen molar-refractivity contribution >= 4 is 0 Å². The summed E-state index contributed by atoms with van der Waals surface area (Å²) >= 11 is 0. The first-order valence-corrected chi connectivity index (χ1v) is 7.80. The standard InChI is InChI=1S/C18H28O3/c1-4-6-7-8-12-20-13-14-21-17-11-10-16(9-5-2)15-18(17)19-3/h5,10-11,15H,2,4,6-9,12-14H2,1,3H3. The van der Waals surface area contributed by atoms with E-state index in [-0.39, 0.29) is 0 Å². The van der Waals surface area contributed by atoms with E-state index in [1.165, 1.54) is 24.8 Å². The third-order valence-electron chi connectivity index (χ3n) is 3.24. The van der Waals surface area contributed by atoms with Gasteiger partial charge in [0.15, 0.2) is 11.5 Å². The summed E-state index contributed by atoms with van der Waals surface area (Å²) in [5.41, 5.74) is 1.17. The van der Waals surface area contributed by atoms with Crippen LogP contribution in [-0.4, -0.2) is 26.9 Å². The Balaban J connectivity index is 2.26. The molecule has 0 aromatic heterocycles. The zero-order valence-corrected chi connectivity index (χ0v) is 13.4. The highest BCUT2D eigenvalue weighted by Gasteiger charge is 2.05. The molecule has 0 heterocycles. The summed E-state index contributed by atoms with van der Waals surface area (Å²) in [7, 11) is 1.66. The highest BCUT2D eigenvalue weighted by molar-refractivity contribution is 5.43. The van der Waals surface area contributed by atoms with Crippen molar-refractivity contribution in [2.24, 2.45) is 0 Å². The molecule has 0 unspecified atom stereocenters. The minimum atomic E-state index is 0.547. The first-order chi connectivity index (χ1) is 10.3. The number of unbranched alkanes of at least 4 members (excludes halogenated alkanes) is 3. The second kappa shape index (κ2) is 11.2. The Kier molecular flexibility index (Phi) is 9.38. The summed E-state index contributed by atoms with van der Waals surface area (Å²) in [6.45, 7) is 7.93. The van der Waals surface area contributed by atoms with E-state index in [2.05, 4.69) is 13.5 Å². The van der Waals surface area contributed by atoms with E-state index in [9.17, 15) is 0 Å². The Morgan fingerprint density at radius 2 is 1.90 bits per heavy atom. The maximum absolute atomic E-state index is 5.71. The van der Waals surface area contributed by atoms with Gasteiger partial charge in [-0.2, -0.15) is 0 Å². The quantitative estimate of drug-likeness (QED) is 0.422. The third-order valence-corrected chi connectivity index (χ3v) is 3.24. The lowest BCUT2D eigenvalue weighted by atomic mass is 10.1. The Bertz CT molecular complexity index is 401. The Morgan fingerprint density at radius 3 is 2.62 bits per heavy atom. The number of methoxy groups -OCH3 is 1. The molecule has 1 aromatic carbocycles. The fraction of sp³-hybridized carbons (Fsp3) is 0.556.